The first-order valence-corrected chi connectivity index (χ1v) is 7.81. The van der Waals surface area contributed by atoms with Crippen LogP contribution < -0.4 is 4.74 Å². The van der Waals surface area contributed by atoms with Gasteiger partial charge in [-0.1, -0.05) is 12.1 Å². The van der Waals surface area contributed by atoms with E-state index in [-0.39, 0.29) is 6.42 Å². The number of ketones is 1. The predicted octanol–water partition coefficient (Wildman–Crippen LogP) is 1.08. The Morgan fingerprint density at radius 2 is 1.80 bits per heavy atom. The van der Waals surface area contributed by atoms with Crippen LogP contribution in [0.2, 0.25) is 0 Å². The SMILES string of the molecule is COC(=O)[C@H]1C(=O)C[C@](C)(O)[C@@H](C(=O)OC)[C@H]1c1cccc(OC)c1. The molecule has 0 aliphatic heterocycles. The summed E-state index contributed by atoms with van der Waals surface area (Å²) in [5, 5.41) is 10.7. The Kier molecular flexibility index (Phi) is 5.47. The maximum absolute atomic E-state index is 12.6. The molecule has 1 aliphatic rings. The maximum Gasteiger partial charge on any atom is 0.316 e. The van der Waals surface area contributed by atoms with E-state index in [1.54, 1.807) is 24.3 Å². The Labute approximate surface area is 145 Å². The van der Waals surface area contributed by atoms with E-state index < -0.39 is 41.1 Å². The van der Waals surface area contributed by atoms with Crippen molar-refractivity contribution in [2.45, 2.75) is 24.9 Å². The molecule has 1 N–H and O–H groups in total. The molecule has 0 bridgehead atoms. The number of hydrogen-bond donors (Lipinski definition) is 1. The van der Waals surface area contributed by atoms with E-state index in [0.29, 0.717) is 11.3 Å². The second-order valence-electron chi connectivity index (χ2n) is 6.30. The summed E-state index contributed by atoms with van der Waals surface area (Å²) in [7, 11) is 3.86. The van der Waals surface area contributed by atoms with Crippen LogP contribution in [0.3, 0.4) is 0 Å². The van der Waals surface area contributed by atoms with Gasteiger partial charge in [-0.25, -0.2) is 0 Å². The van der Waals surface area contributed by atoms with Gasteiger partial charge >= 0.3 is 11.9 Å². The number of benzene rings is 1. The molecule has 1 aromatic rings. The van der Waals surface area contributed by atoms with Crippen LogP contribution in [0.5, 0.6) is 5.75 Å². The fraction of sp³-hybridized carbons (Fsp3) is 0.500. The van der Waals surface area contributed by atoms with Crippen LogP contribution in [0.15, 0.2) is 24.3 Å². The Balaban J connectivity index is 2.66. The molecular formula is C18H22O7. The van der Waals surface area contributed by atoms with Gasteiger partial charge in [0.15, 0.2) is 5.78 Å². The van der Waals surface area contributed by atoms with Crippen LogP contribution in [-0.4, -0.2) is 49.8 Å². The molecule has 1 aromatic carbocycles. The zero-order valence-electron chi connectivity index (χ0n) is 14.6. The quantitative estimate of drug-likeness (QED) is 0.641. The van der Waals surface area contributed by atoms with Gasteiger partial charge in [-0.05, 0) is 24.6 Å². The van der Waals surface area contributed by atoms with Crippen LogP contribution in [0.1, 0.15) is 24.8 Å². The Bertz CT molecular complexity index is 680. The maximum atomic E-state index is 12.6. The van der Waals surface area contributed by atoms with E-state index in [1.807, 2.05) is 0 Å². The number of methoxy groups -OCH3 is 3. The number of ether oxygens (including phenoxy) is 3. The zero-order chi connectivity index (χ0) is 18.8. The van der Waals surface area contributed by atoms with E-state index >= 15 is 0 Å². The molecule has 0 unspecified atom stereocenters. The number of Topliss-reactive ketones (excluding diaryl/α,β-unsaturated/α-hetero) is 1. The van der Waals surface area contributed by atoms with Crippen LogP contribution in [-0.2, 0) is 23.9 Å². The molecule has 25 heavy (non-hydrogen) atoms. The van der Waals surface area contributed by atoms with Gasteiger partial charge in [0.25, 0.3) is 0 Å². The number of aliphatic hydroxyl groups is 1. The molecular weight excluding hydrogens is 328 g/mol. The average molecular weight is 350 g/mol. The third-order valence-corrected chi connectivity index (χ3v) is 4.66. The van der Waals surface area contributed by atoms with Crippen molar-refractivity contribution in [3.63, 3.8) is 0 Å². The van der Waals surface area contributed by atoms with Crippen LogP contribution in [0.4, 0.5) is 0 Å². The Morgan fingerprint density at radius 1 is 1.16 bits per heavy atom. The molecule has 1 saturated carbocycles. The lowest BCUT2D eigenvalue weighted by Gasteiger charge is -2.43. The van der Waals surface area contributed by atoms with Crippen molar-refractivity contribution in [2.24, 2.45) is 11.8 Å². The first-order chi connectivity index (χ1) is 11.8. The third-order valence-electron chi connectivity index (χ3n) is 4.66. The molecule has 7 nitrogen and oxygen atoms in total. The molecule has 0 aromatic heterocycles. The Morgan fingerprint density at radius 3 is 2.36 bits per heavy atom. The highest BCUT2D eigenvalue weighted by Crippen LogP contribution is 2.47. The van der Waals surface area contributed by atoms with Crippen molar-refractivity contribution in [1.29, 1.82) is 0 Å². The highest BCUT2D eigenvalue weighted by molar-refractivity contribution is 6.02. The fourth-order valence-corrected chi connectivity index (χ4v) is 3.52. The summed E-state index contributed by atoms with van der Waals surface area (Å²) in [6, 6.07) is 6.69. The molecule has 1 aliphatic carbocycles. The van der Waals surface area contributed by atoms with Gasteiger partial charge in [0.2, 0.25) is 0 Å². The van der Waals surface area contributed by atoms with Crippen molar-refractivity contribution >= 4 is 17.7 Å². The second kappa shape index (κ2) is 7.23. The van der Waals surface area contributed by atoms with Gasteiger partial charge in [0.1, 0.15) is 11.7 Å². The lowest BCUT2D eigenvalue weighted by molar-refractivity contribution is -0.170. The molecule has 0 saturated heterocycles. The minimum absolute atomic E-state index is 0.340. The first-order valence-electron chi connectivity index (χ1n) is 7.81. The topological polar surface area (TPSA) is 99.1 Å². The average Bonchev–Trinajstić information content (AvgIpc) is 2.59. The van der Waals surface area contributed by atoms with Crippen molar-refractivity contribution in [3.05, 3.63) is 29.8 Å². The molecule has 0 amide bonds. The summed E-state index contributed by atoms with van der Waals surface area (Å²) >= 11 is 0. The lowest BCUT2D eigenvalue weighted by atomic mass is 9.61. The smallest absolute Gasteiger partial charge is 0.316 e. The van der Waals surface area contributed by atoms with E-state index in [9.17, 15) is 19.5 Å². The molecule has 2 rings (SSSR count). The predicted molar refractivity (Wildman–Crippen MR) is 87.0 cm³/mol. The second-order valence-corrected chi connectivity index (χ2v) is 6.30. The van der Waals surface area contributed by atoms with Crippen LogP contribution in [0.25, 0.3) is 0 Å². The van der Waals surface area contributed by atoms with Crippen molar-refractivity contribution in [1.82, 2.24) is 0 Å². The molecule has 0 heterocycles. The number of hydrogen-bond acceptors (Lipinski definition) is 7. The number of rotatable bonds is 4. The van der Waals surface area contributed by atoms with E-state index in [0.717, 1.165) is 0 Å². The van der Waals surface area contributed by atoms with Crippen molar-refractivity contribution < 1.29 is 33.7 Å². The normalized spacial score (nSPS) is 29.0. The van der Waals surface area contributed by atoms with Crippen molar-refractivity contribution in [2.75, 3.05) is 21.3 Å². The van der Waals surface area contributed by atoms with E-state index in [2.05, 4.69) is 0 Å². The summed E-state index contributed by atoms with van der Waals surface area (Å²) in [5.74, 6) is -4.66. The highest BCUT2D eigenvalue weighted by Gasteiger charge is 2.56. The van der Waals surface area contributed by atoms with Gasteiger partial charge < -0.3 is 19.3 Å². The van der Waals surface area contributed by atoms with Gasteiger partial charge in [-0.15, -0.1) is 0 Å². The van der Waals surface area contributed by atoms with Crippen LogP contribution >= 0.6 is 0 Å². The lowest BCUT2D eigenvalue weighted by Crippen LogP contribution is -2.55. The monoisotopic (exact) mass is 350 g/mol. The van der Waals surface area contributed by atoms with E-state index in [4.69, 9.17) is 14.2 Å². The van der Waals surface area contributed by atoms with Gasteiger partial charge in [0, 0.05) is 12.3 Å². The number of esters is 2. The fourth-order valence-electron chi connectivity index (χ4n) is 3.52. The molecule has 0 radical (unpaired) electrons. The van der Waals surface area contributed by atoms with Gasteiger partial charge in [-0.2, -0.15) is 0 Å². The summed E-state index contributed by atoms with van der Waals surface area (Å²) in [4.78, 5) is 37.2. The standard InChI is InChI=1S/C18H22O7/c1-18(22)9-12(19)14(16(20)24-3)13(15(18)17(21)25-4)10-6-5-7-11(8-10)23-2/h5-8,13-15,22H,9H2,1-4H3/t13-,14-,15+,18-/m0/s1. The third kappa shape index (κ3) is 3.51. The summed E-state index contributed by atoms with van der Waals surface area (Å²) in [6.45, 7) is 1.40. The summed E-state index contributed by atoms with van der Waals surface area (Å²) in [6.07, 6.45) is -0.340. The molecule has 4 atom stereocenters. The Hall–Kier alpha value is -2.41. The summed E-state index contributed by atoms with van der Waals surface area (Å²) < 4.78 is 14.8. The molecule has 7 heteroatoms. The van der Waals surface area contributed by atoms with E-state index in [1.165, 1.54) is 28.3 Å². The van der Waals surface area contributed by atoms with Crippen LogP contribution in [0, 0.1) is 11.8 Å². The molecule has 1 fully saturated rings. The molecule has 0 spiro atoms. The highest BCUT2D eigenvalue weighted by atomic mass is 16.5. The number of carbonyl (C=O) groups is 3. The largest absolute Gasteiger partial charge is 0.497 e. The molecule has 136 valence electrons. The minimum Gasteiger partial charge on any atom is -0.497 e. The number of carbonyl (C=O) groups excluding carboxylic acids is 3. The van der Waals surface area contributed by atoms with Crippen molar-refractivity contribution in [3.8, 4) is 5.75 Å². The van der Waals surface area contributed by atoms with Gasteiger partial charge in [-0.3, -0.25) is 14.4 Å². The summed E-state index contributed by atoms with van der Waals surface area (Å²) in [5.41, 5.74) is -1.14. The zero-order valence-corrected chi connectivity index (χ0v) is 14.6. The first kappa shape index (κ1) is 18.9. The minimum atomic E-state index is -1.65. The van der Waals surface area contributed by atoms with Gasteiger partial charge in [0.05, 0.1) is 32.8 Å².